The first kappa shape index (κ1) is 63.5. The number of ketones is 5. The number of methoxy groups -OCH3 is 1. The molecule has 18 heteroatoms. The van der Waals surface area contributed by atoms with Crippen molar-refractivity contribution in [1.29, 1.82) is 0 Å². The summed E-state index contributed by atoms with van der Waals surface area (Å²) in [6, 6.07) is 23.3. The van der Waals surface area contributed by atoms with E-state index in [1.54, 1.807) is 46.9 Å². The van der Waals surface area contributed by atoms with E-state index in [1.165, 1.54) is 4.90 Å². The number of fused-ring (bicyclic) bond motifs is 5. The lowest BCUT2D eigenvalue weighted by Crippen LogP contribution is -2.54. The summed E-state index contributed by atoms with van der Waals surface area (Å²) in [6.07, 6.45) is -0.365. The lowest BCUT2D eigenvalue weighted by Gasteiger charge is -2.30. The number of nitrogens with one attached hydrogen (secondary N) is 6. The fraction of sp³-hybridized carbons (Fsp3) is 0.477. The van der Waals surface area contributed by atoms with Crippen LogP contribution in [0.25, 0.3) is 32.7 Å². The highest BCUT2D eigenvalue weighted by Gasteiger charge is 2.38. The number of aryl methyl sites for hydroxylation is 1. The van der Waals surface area contributed by atoms with Gasteiger partial charge in [-0.1, -0.05) is 114 Å². The number of hydrogen-bond acceptors (Lipinski definition) is 16. The summed E-state index contributed by atoms with van der Waals surface area (Å²) in [6.45, 7) is 18.6. The maximum Gasteiger partial charge on any atom is 0.407 e. The number of carbonyl (C=O) groups is 8. The van der Waals surface area contributed by atoms with E-state index >= 15 is 0 Å². The second-order valence-electron chi connectivity index (χ2n) is 23.4. The number of alkyl carbamates (subject to hydrolysis) is 1. The monoisotopic (exact) mass is 1140 g/mol. The van der Waals surface area contributed by atoms with Crippen LogP contribution >= 0.6 is 0 Å². The van der Waals surface area contributed by atoms with Crippen LogP contribution in [-0.4, -0.2) is 154 Å². The number of benzene rings is 5. The van der Waals surface area contributed by atoms with Crippen LogP contribution < -0.4 is 36.6 Å². The first-order chi connectivity index (χ1) is 39.6. The number of amides is 3. The molecule has 0 aromatic heterocycles. The maximum atomic E-state index is 14.1. The summed E-state index contributed by atoms with van der Waals surface area (Å²) < 4.78 is 11.4. The Balaban J connectivity index is 0.813. The van der Waals surface area contributed by atoms with Gasteiger partial charge < -0.3 is 25.0 Å². The molecule has 0 unspecified atom stereocenters. The molecule has 444 valence electrons. The number of likely N-dealkylation sites (N-methyl/N-ethyl adjacent to an activating group) is 1. The number of nitrogens with zero attached hydrogens (tertiary/aromatic N) is 2. The van der Waals surface area contributed by atoms with Crippen molar-refractivity contribution in [2.75, 3.05) is 66.8 Å². The number of rotatable bonds is 33. The van der Waals surface area contributed by atoms with Crippen molar-refractivity contribution in [3.8, 4) is 16.9 Å². The van der Waals surface area contributed by atoms with Crippen LogP contribution in [0.1, 0.15) is 118 Å². The summed E-state index contributed by atoms with van der Waals surface area (Å²) in [5, 5.41) is 21.4. The van der Waals surface area contributed by atoms with Gasteiger partial charge in [0.1, 0.15) is 18.4 Å². The van der Waals surface area contributed by atoms with Gasteiger partial charge in [0.05, 0.1) is 49.8 Å². The fourth-order valence-electron chi connectivity index (χ4n) is 11.0. The average Bonchev–Trinajstić information content (AvgIpc) is 1.68. The summed E-state index contributed by atoms with van der Waals surface area (Å²) in [5.74, 6) is -2.74. The Kier molecular flexibility index (Phi) is 22.2. The smallest absolute Gasteiger partial charge is 0.407 e. The van der Waals surface area contributed by atoms with Crippen LogP contribution in [-0.2, 0) is 28.7 Å². The molecule has 0 radical (unpaired) electrons. The van der Waals surface area contributed by atoms with Crippen molar-refractivity contribution in [3.63, 3.8) is 0 Å². The topological polar surface area (TPSA) is 234 Å². The zero-order valence-electron chi connectivity index (χ0n) is 50.0. The van der Waals surface area contributed by atoms with Gasteiger partial charge in [-0.3, -0.25) is 59.7 Å². The summed E-state index contributed by atoms with van der Waals surface area (Å²) in [5.41, 5.74) is 6.28. The third-order valence-corrected chi connectivity index (χ3v) is 15.8. The Bertz CT molecular complexity index is 3170. The van der Waals surface area contributed by atoms with Crippen LogP contribution in [0.2, 0.25) is 0 Å². The number of imide groups is 1. The van der Waals surface area contributed by atoms with E-state index in [4.69, 9.17) is 9.47 Å². The molecule has 83 heavy (non-hydrogen) atoms. The molecule has 6 N–H and O–H groups in total. The van der Waals surface area contributed by atoms with E-state index in [9.17, 15) is 38.4 Å². The van der Waals surface area contributed by atoms with Crippen molar-refractivity contribution in [2.45, 2.75) is 118 Å². The third kappa shape index (κ3) is 15.6. The van der Waals surface area contributed by atoms with Crippen LogP contribution in [0.15, 0.2) is 84.9 Å². The molecule has 2 aliphatic rings. The normalized spacial score (nSPS) is 15.0. The standard InChI is InChI=1S/C65H84N8O10/c1-37(2)28-52(69-35-68-42(9)56(76)33-66-24-25-72(10)26-27-73-63(79)49-22-23-57(82-11)50-31-43-30-40(7)20-21-44(43)59(58(49)50)64(73)80)55(75)32-54(74)41(8)67-36-70-53(29-38(3)4)61(77)62(78)60(39(5)6)71-65(81)83-34-51-47-18-14-12-16-45(47)46-17-13-15-19-48(46)51/h12-23,30-31,37-39,41-42,51-53,60,66-70H,24-29,32-36H2,1-11H3,(H,71,81)/t41-,42-,52-,53-,60-/m0/s1. The molecule has 0 saturated carbocycles. The number of Topliss-reactive ketones (excluding diaryl/α,β-unsaturated/α-hetero) is 5. The predicted molar refractivity (Wildman–Crippen MR) is 323 cm³/mol. The molecular formula is C65H84N8O10. The Morgan fingerprint density at radius 1 is 0.651 bits per heavy atom. The predicted octanol–water partition coefficient (Wildman–Crippen LogP) is 7.11. The van der Waals surface area contributed by atoms with Gasteiger partial charge in [0, 0.05) is 61.8 Å². The second-order valence-corrected chi connectivity index (χ2v) is 23.4. The van der Waals surface area contributed by atoms with Crippen molar-refractivity contribution in [2.24, 2.45) is 17.8 Å². The Hall–Kier alpha value is -7.06. The molecule has 0 saturated heterocycles. The molecule has 1 aliphatic carbocycles. The molecule has 18 nitrogen and oxygen atoms in total. The van der Waals surface area contributed by atoms with Crippen LogP contribution in [0.3, 0.4) is 0 Å². The van der Waals surface area contributed by atoms with E-state index in [2.05, 4.69) is 31.9 Å². The minimum Gasteiger partial charge on any atom is -0.496 e. The van der Waals surface area contributed by atoms with E-state index in [0.29, 0.717) is 54.7 Å². The van der Waals surface area contributed by atoms with Gasteiger partial charge in [-0.15, -0.1) is 0 Å². The van der Waals surface area contributed by atoms with Crippen LogP contribution in [0, 0.1) is 24.7 Å². The van der Waals surface area contributed by atoms with Gasteiger partial charge >= 0.3 is 6.09 Å². The fourth-order valence-corrected chi connectivity index (χ4v) is 11.0. The summed E-state index contributed by atoms with van der Waals surface area (Å²) >= 11 is 0. The Morgan fingerprint density at radius 2 is 1.27 bits per heavy atom. The zero-order chi connectivity index (χ0) is 60.2. The van der Waals surface area contributed by atoms with Crippen molar-refractivity contribution in [1.82, 2.24) is 41.7 Å². The van der Waals surface area contributed by atoms with Gasteiger partial charge in [-0.2, -0.15) is 0 Å². The highest BCUT2D eigenvalue weighted by Crippen LogP contribution is 2.45. The molecule has 0 spiro atoms. The molecule has 0 bridgehead atoms. The van der Waals surface area contributed by atoms with E-state index in [1.807, 2.05) is 119 Å². The molecule has 3 amide bonds. The minimum absolute atomic E-state index is 0.0100. The average molecular weight is 1140 g/mol. The first-order valence-corrected chi connectivity index (χ1v) is 29.1. The first-order valence-electron chi connectivity index (χ1n) is 29.1. The highest BCUT2D eigenvalue weighted by molar-refractivity contribution is 6.41. The Labute approximate surface area is 487 Å². The van der Waals surface area contributed by atoms with Crippen LogP contribution in [0.4, 0.5) is 4.79 Å². The quantitative estimate of drug-likeness (QED) is 0.00614. The van der Waals surface area contributed by atoms with Gasteiger partial charge in [0.25, 0.3) is 11.8 Å². The lowest BCUT2D eigenvalue weighted by atomic mass is 9.88. The number of hydrogen-bond donors (Lipinski definition) is 6. The van der Waals surface area contributed by atoms with E-state index < -0.39 is 53.8 Å². The van der Waals surface area contributed by atoms with Gasteiger partial charge in [-0.05, 0) is 110 Å². The highest BCUT2D eigenvalue weighted by atomic mass is 16.5. The molecule has 0 fully saturated rings. The second kappa shape index (κ2) is 29.0. The minimum atomic E-state index is -1.13. The molecule has 5 atom stereocenters. The molecule has 7 rings (SSSR count). The van der Waals surface area contributed by atoms with Gasteiger partial charge in [-0.25, -0.2) is 4.79 Å². The lowest BCUT2D eigenvalue weighted by molar-refractivity contribution is -0.139. The third-order valence-electron chi connectivity index (χ3n) is 15.8. The molecule has 5 aromatic carbocycles. The van der Waals surface area contributed by atoms with Gasteiger partial charge in [0.2, 0.25) is 11.6 Å². The molecular weight excluding hydrogens is 1050 g/mol. The molecule has 5 aromatic rings. The molecule has 1 aliphatic heterocycles. The number of carbonyl (C=O) groups excluding carboxylic acids is 8. The maximum absolute atomic E-state index is 14.1. The summed E-state index contributed by atoms with van der Waals surface area (Å²) in [7, 11) is 3.47. The molecule has 1 heterocycles. The van der Waals surface area contributed by atoms with E-state index in [0.717, 1.165) is 44.0 Å². The van der Waals surface area contributed by atoms with Crippen LogP contribution in [0.5, 0.6) is 5.75 Å². The van der Waals surface area contributed by atoms with Crippen molar-refractivity contribution < 1.29 is 47.8 Å². The zero-order valence-corrected chi connectivity index (χ0v) is 50.0. The van der Waals surface area contributed by atoms with Crippen molar-refractivity contribution >= 4 is 68.4 Å². The summed E-state index contributed by atoms with van der Waals surface area (Å²) in [4.78, 5) is 112. The number of ether oxygens (including phenoxy) is 2. The van der Waals surface area contributed by atoms with Crippen molar-refractivity contribution in [3.05, 3.63) is 113 Å². The largest absolute Gasteiger partial charge is 0.496 e. The van der Waals surface area contributed by atoms with Gasteiger partial charge in [0.15, 0.2) is 17.3 Å². The van der Waals surface area contributed by atoms with E-state index in [-0.39, 0.29) is 86.4 Å². The SMILES string of the molecule is COc1ccc2c3c(c4ccc(C)cc4cc13)C(=O)N(CCN(C)CCNCC(=O)[C@H](C)NCN[C@@H](CC(C)C)C(=O)CC(=O)[C@H](C)NCN[C@@H](CC(C)C)C(=O)C(=O)[C@@H](NC(=O)OCC1c3ccccc3-c3ccccc31)C(C)C)C2=O. The Morgan fingerprint density at radius 3 is 1.89 bits per heavy atom.